The lowest BCUT2D eigenvalue weighted by molar-refractivity contribution is -0.137. The number of nitrogens with one attached hydrogen (secondary N) is 1. The highest BCUT2D eigenvalue weighted by molar-refractivity contribution is 5.62. The minimum Gasteiger partial charge on any atom is -0.439 e. The van der Waals surface area contributed by atoms with Gasteiger partial charge >= 0.3 is 6.18 Å². The predicted octanol–water partition coefficient (Wildman–Crippen LogP) is 7.27. The Labute approximate surface area is 187 Å². The maximum Gasteiger partial charge on any atom is 0.416 e. The molecule has 1 atom stereocenters. The summed E-state index contributed by atoms with van der Waals surface area (Å²) in [4.78, 5) is 8.83. The van der Waals surface area contributed by atoms with Gasteiger partial charge < -0.3 is 10.1 Å². The summed E-state index contributed by atoms with van der Waals surface area (Å²) in [5, 5.41) is 3.11. The van der Waals surface area contributed by atoms with Crippen LogP contribution in [-0.4, -0.2) is 9.97 Å². The number of hydrogen-bond acceptors (Lipinski definition) is 4. The Morgan fingerprint density at radius 3 is 2.24 bits per heavy atom. The molecule has 4 nitrogen and oxygen atoms in total. The Balaban J connectivity index is 1.68. The number of para-hydroxylation sites is 1. The van der Waals surface area contributed by atoms with Gasteiger partial charge in [0.2, 0.25) is 11.8 Å². The number of benzene rings is 3. The maximum absolute atomic E-state index is 13.6. The van der Waals surface area contributed by atoms with Crippen molar-refractivity contribution >= 4 is 5.95 Å². The number of ether oxygens (including phenoxy) is 1. The maximum atomic E-state index is 13.6. The molecule has 1 unspecified atom stereocenters. The van der Waals surface area contributed by atoms with Crippen LogP contribution in [0.15, 0.2) is 84.9 Å². The highest BCUT2D eigenvalue weighted by Crippen LogP contribution is 2.32. The average Bonchev–Trinajstić information content (AvgIpc) is 2.79. The molecule has 0 amide bonds. The fourth-order valence-electron chi connectivity index (χ4n) is 3.18. The summed E-state index contributed by atoms with van der Waals surface area (Å²) in [5.41, 5.74) is 0.770. The Kier molecular flexibility index (Phi) is 6.26. The quantitative estimate of drug-likeness (QED) is 0.312. The van der Waals surface area contributed by atoms with E-state index in [2.05, 4.69) is 15.3 Å². The molecule has 0 saturated carbocycles. The van der Waals surface area contributed by atoms with E-state index in [4.69, 9.17) is 4.74 Å². The van der Waals surface area contributed by atoms with E-state index >= 15 is 0 Å². The van der Waals surface area contributed by atoms with Crippen molar-refractivity contribution in [3.63, 3.8) is 0 Å². The molecule has 0 aliphatic carbocycles. The largest absolute Gasteiger partial charge is 0.439 e. The molecule has 0 aliphatic heterocycles. The van der Waals surface area contributed by atoms with E-state index in [-0.39, 0.29) is 23.7 Å². The van der Waals surface area contributed by atoms with E-state index in [1.54, 1.807) is 42.5 Å². The molecule has 1 N–H and O–H groups in total. The van der Waals surface area contributed by atoms with Crippen molar-refractivity contribution in [2.75, 3.05) is 5.32 Å². The minimum atomic E-state index is -4.43. The number of anilines is 1. The van der Waals surface area contributed by atoms with E-state index in [1.165, 1.54) is 24.3 Å². The third-order valence-electron chi connectivity index (χ3n) is 4.87. The van der Waals surface area contributed by atoms with Crippen LogP contribution in [0.3, 0.4) is 0 Å². The lowest BCUT2D eigenvalue weighted by Gasteiger charge is -2.16. The summed E-state index contributed by atoms with van der Waals surface area (Å²) >= 11 is 0. The first-order chi connectivity index (χ1) is 15.8. The van der Waals surface area contributed by atoms with E-state index < -0.39 is 11.7 Å². The molecule has 4 aromatic rings. The van der Waals surface area contributed by atoms with Gasteiger partial charge in [0.25, 0.3) is 0 Å². The zero-order valence-corrected chi connectivity index (χ0v) is 17.5. The molecule has 1 aromatic heterocycles. The predicted molar refractivity (Wildman–Crippen MR) is 117 cm³/mol. The molecule has 0 spiro atoms. The van der Waals surface area contributed by atoms with E-state index in [9.17, 15) is 17.6 Å². The standard InChI is InChI=1S/C25H19F4N3O/c1-16(18-6-5-7-20(26)14-18)30-24-31-22(17-10-12-19(13-11-17)25(27,28)29)15-23(32-24)33-21-8-3-2-4-9-21/h2-16H,1H3,(H,30,31,32). The highest BCUT2D eigenvalue weighted by atomic mass is 19.4. The van der Waals surface area contributed by atoms with Gasteiger partial charge in [-0.1, -0.05) is 42.5 Å². The van der Waals surface area contributed by atoms with Crippen molar-refractivity contribution in [1.29, 1.82) is 0 Å². The highest BCUT2D eigenvalue weighted by Gasteiger charge is 2.30. The first kappa shape index (κ1) is 22.3. The van der Waals surface area contributed by atoms with Gasteiger partial charge in [0.15, 0.2) is 0 Å². The van der Waals surface area contributed by atoms with E-state index in [0.717, 1.165) is 12.1 Å². The third kappa shape index (κ3) is 5.65. The Morgan fingerprint density at radius 2 is 1.58 bits per heavy atom. The number of hydrogen-bond donors (Lipinski definition) is 1. The van der Waals surface area contributed by atoms with Crippen LogP contribution in [-0.2, 0) is 6.18 Å². The summed E-state index contributed by atoms with van der Waals surface area (Å²) in [6, 6.07) is 21.0. The second-order valence-electron chi connectivity index (χ2n) is 7.33. The van der Waals surface area contributed by atoms with Crippen LogP contribution in [0, 0.1) is 5.82 Å². The van der Waals surface area contributed by atoms with Gasteiger partial charge in [0.1, 0.15) is 11.6 Å². The lowest BCUT2D eigenvalue weighted by Crippen LogP contribution is -2.10. The number of rotatable bonds is 6. The van der Waals surface area contributed by atoms with Gasteiger partial charge in [-0.3, -0.25) is 0 Å². The SMILES string of the molecule is CC(Nc1nc(Oc2ccccc2)cc(-c2ccc(C(F)(F)F)cc2)n1)c1cccc(F)c1. The molecule has 8 heteroatoms. The second kappa shape index (κ2) is 9.28. The first-order valence-electron chi connectivity index (χ1n) is 10.1. The number of halogens is 4. The molecule has 0 bridgehead atoms. The zero-order chi connectivity index (χ0) is 23.4. The molecule has 0 fully saturated rings. The van der Waals surface area contributed by atoms with E-state index in [0.29, 0.717) is 22.6 Å². The lowest BCUT2D eigenvalue weighted by atomic mass is 10.1. The van der Waals surface area contributed by atoms with Crippen LogP contribution in [0.1, 0.15) is 24.1 Å². The van der Waals surface area contributed by atoms with Crippen LogP contribution < -0.4 is 10.1 Å². The Morgan fingerprint density at radius 1 is 0.848 bits per heavy atom. The Hall–Kier alpha value is -3.94. The van der Waals surface area contributed by atoms with Crippen molar-refractivity contribution < 1.29 is 22.3 Å². The third-order valence-corrected chi connectivity index (χ3v) is 4.87. The van der Waals surface area contributed by atoms with Crippen LogP contribution in [0.25, 0.3) is 11.3 Å². The molecular weight excluding hydrogens is 434 g/mol. The van der Waals surface area contributed by atoms with Crippen molar-refractivity contribution in [2.45, 2.75) is 19.1 Å². The number of nitrogens with zero attached hydrogens (tertiary/aromatic N) is 2. The van der Waals surface area contributed by atoms with Gasteiger partial charge in [0.05, 0.1) is 17.3 Å². The minimum absolute atomic E-state index is 0.190. The second-order valence-corrected chi connectivity index (χ2v) is 7.33. The summed E-state index contributed by atoms with van der Waals surface area (Å²) in [7, 11) is 0. The molecule has 3 aromatic carbocycles. The molecule has 1 heterocycles. The van der Waals surface area contributed by atoms with Crippen molar-refractivity contribution in [2.24, 2.45) is 0 Å². The number of aromatic nitrogens is 2. The van der Waals surface area contributed by atoms with Gasteiger partial charge in [0, 0.05) is 11.6 Å². The smallest absolute Gasteiger partial charge is 0.416 e. The van der Waals surface area contributed by atoms with Crippen molar-refractivity contribution in [3.05, 3.63) is 102 Å². The zero-order valence-electron chi connectivity index (χ0n) is 17.5. The Bertz CT molecular complexity index is 1230. The van der Waals surface area contributed by atoms with Crippen molar-refractivity contribution in [1.82, 2.24) is 9.97 Å². The van der Waals surface area contributed by atoms with Crippen LogP contribution in [0.2, 0.25) is 0 Å². The fraction of sp³-hybridized carbons (Fsp3) is 0.120. The number of alkyl halides is 3. The normalized spacial score (nSPS) is 12.3. The molecule has 33 heavy (non-hydrogen) atoms. The van der Waals surface area contributed by atoms with Gasteiger partial charge in [-0.25, -0.2) is 9.37 Å². The summed E-state index contributed by atoms with van der Waals surface area (Å²) in [6.45, 7) is 1.82. The summed E-state index contributed by atoms with van der Waals surface area (Å²) in [6.07, 6.45) is -4.43. The average molecular weight is 453 g/mol. The van der Waals surface area contributed by atoms with E-state index in [1.807, 2.05) is 13.0 Å². The van der Waals surface area contributed by atoms with Crippen LogP contribution >= 0.6 is 0 Å². The molecular formula is C25H19F4N3O. The van der Waals surface area contributed by atoms with Gasteiger partial charge in [-0.2, -0.15) is 18.2 Å². The molecule has 0 saturated heterocycles. The van der Waals surface area contributed by atoms with Crippen molar-refractivity contribution in [3.8, 4) is 22.9 Å². The molecule has 0 aliphatic rings. The topological polar surface area (TPSA) is 47.0 Å². The summed E-state index contributed by atoms with van der Waals surface area (Å²) < 4.78 is 58.3. The molecule has 168 valence electrons. The first-order valence-corrected chi connectivity index (χ1v) is 10.1. The monoisotopic (exact) mass is 453 g/mol. The molecule has 0 radical (unpaired) electrons. The van der Waals surface area contributed by atoms with Crippen LogP contribution in [0.4, 0.5) is 23.5 Å². The molecule has 4 rings (SSSR count). The fourth-order valence-corrected chi connectivity index (χ4v) is 3.18. The van der Waals surface area contributed by atoms with Crippen LogP contribution in [0.5, 0.6) is 11.6 Å². The van der Waals surface area contributed by atoms with Gasteiger partial charge in [-0.05, 0) is 48.9 Å². The summed E-state index contributed by atoms with van der Waals surface area (Å²) in [5.74, 6) is 0.572. The van der Waals surface area contributed by atoms with Gasteiger partial charge in [-0.15, -0.1) is 0 Å².